The van der Waals surface area contributed by atoms with Crippen molar-refractivity contribution in [1.29, 1.82) is 5.26 Å². The van der Waals surface area contributed by atoms with Gasteiger partial charge in [0.15, 0.2) is 5.41 Å². The first kappa shape index (κ1) is 21.9. The number of nitriles is 1. The maximum absolute atomic E-state index is 14.3. The second kappa shape index (κ2) is 7.96. The summed E-state index contributed by atoms with van der Waals surface area (Å²) in [7, 11) is 1.75. The number of likely N-dealkylation sites (N-methyl/N-ethyl adjacent to an activating group) is 1. The lowest BCUT2D eigenvalue weighted by atomic mass is 9.71. The van der Waals surface area contributed by atoms with E-state index in [0.29, 0.717) is 24.1 Å². The van der Waals surface area contributed by atoms with Crippen molar-refractivity contribution in [2.75, 3.05) is 11.9 Å². The summed E-state index contributed by atoms with van der Waals surface area (Å²) in [5, 5.41) is 21.0. The van der Waals surface area contributed by atoms with E-state index in [9.17, 15) is 20.0 Å². The van der Waals surface area contributed by atoms with E-state index in [0.717, 1.165) is 39.0 Å². The van der Waals surface area contributed by atoms with Gasteiger partial charge in [-0.2, -0.15) is 5.26 Å². The summed E-state index contributed by atoms with van der Waals surface area (Å²) in [5.74, 6) is -1.03. The zero-order valence-electron chi connectivity index (χ0n) is 19.7. The van der Waals surface area contributed by atoms with Crippen molar-refractivity contribution < 1.29 is 14.7 Å². The monoisotopic (exact) mass is 473 g/mol. The molecule has 6 nitrogen and oxygen atoms in total. The maximum atomic E-state index is 14.3. The lowest BCUT2D eigenvalue weighted by Gasteiger charge is -2.25. The molecule has 0 radical (unpaired) electrons. The average Bonchev–Trinajstić information content (AvgIpc) is 3.46. The number of carbonyl (C=O) groups is 2. The van der Waals surface area contributed by atoms with Gasteiger partial charge in [0.05, 0.1) is 28.5 Å². The van der Waals surface area contributed by atoms with Gasteiger partial charge in [-0.15, -0.1) is 0 Å². The fraction of sp³-hybridized carbons (Fsp3) is 0.167. The number of nitrogens with zero attached hydrogens (tertiary/aromatic N) is 3. The lowest BCUT2D eigenvalue weighted by molar-refractivity contribution is -0.137. The van der Waals surface area contributed by atoms with Crippen molar-refractivity contribution in [2.24, 2.45) is 0 Å². The summed E-state index contributed by atoms with van der Waals surface area (Å²) in [6.45, 7) is 0. The molecule has 3 heterocycles. The zero-order chi connectivity index (χ0) is 25.0. The Morgan fingerprint density at radius 2 is 1.69 bits per heavy atom. The van der Waals surface area contributed by atoms with Gasteiger partial charge in [-0.1, -0.05) is 66.7 Å². The molecule has 4 aromatic rings. The van der Waals surface area contributed by atoms with Crippen LogP contribution in [0.25, 0.3) is 16.6 Å². The van der Waals surface area contributed by atoms with Crippen LogP contribution in [0.5, 0.6) is 0 Å². The molecule has 3 aromatic carbocycles. The average molecular weight is 474 g/mol. The van der Waals surface area contributed by atoms with E-state index in [4.69, 9.17) is 0 Å². The maximum Gasteiger partial charge on any atom is 0.303 e. The van der Waals surface area contributed by atoms with Crippen molar-refractivity contribution in [3.05, 3.63) is 107 Å². The van der Waals surface area contributed by atoms with E-state index < -0.39 is 11.4 Å². The number of carboxylic acid groups (broad SMARTS) is 1. The van der Waals surface area contributed by atoms with Crippen LogP contribution >= 0.6 is 0 Å². The third-order valence-corrected chi connectivity index (χ3v) is 7.44. The highest BCUT2D eigenvalue weighted by Crippen LogP contribution is 2.58. The van der Waals surface area contributed by atoms with Crippen LogP contribution in [0.2, 0.25) is 0 Å². The summed E-state index contributed by atoms with van der Waals surface area (Å²) in [6.07, 6.45) is 0.942. The van der Waals surface area contributed by atoms with Crippen molar-refractivity contribution >= 4 is 34.2 Å². The highest BCUT2D eigenvalue weighted by atomic mass is 16.4. The summed E-state index contributed by atoms with van der Waals surface area (Å²) >= 11 is 0. The molecule has 1 unspecified atom stereocenters. The first-order valence-electron chi connectivity index (χ1n) is 11.9. The summed E-state index contributed by atoms with van der Waals surface area (Å²) < 4.78 is 2.08. The minimum Gasteiger partial charge on any atom is -0.481 e. The summed E-state index contributed by atoms with van der Waals surface area (Å²) in [6, 6.07) is 27.7. The molecule has 0 saturated heterocycles. The van der Waals surface area contributed by atoms with Crippen LogP contribution in [0.1, 0.15) is 35.2 Å². The topological polar surface area (TPSA) is 86.3 Å². The van der Waals surface area contributed by atoms with Crippen LogP contribution in [-0.2, 0) is 21.4 Å². The van der Waals surface area contributed by atoms with E-state index in [1.165, 1.54) is 0 Å². The number of carbonyl (C=O) groups excluding carboxylic acids is 1. The van der Waals surface area contributed by atoms with Crippen LogP contribution in [0.4, 0.5) is 5.69 Å². The Bertz CT molecular complexity index is 1640. The van der Waals surface area contributed by atoms with Crippen molar-refractivity contribution in [3.63, 3.8) is 0 Å². The van der Waals surface area contributed by atoms with Gasteiger partial charge in [0.2, 0.25) is 5.91 Å². The smallest absolute Gasteiger partial charge is 0.303 e. The number of fused-ring (bicyclic) bond motifs is 6. The molecule has 6 heteroatoms. The number of amides is 1. The quantitative estimate of drug-likeness (QED) is 0.437. The minimum atomic E-state index is -1.30. The normalized spacial score (nSPS) is 18.1. The van der Waals surface area contributed by atoms with Crippen LogP contribution < -0.4 is 4.90 Å². The highest BCUT2D eigenvalue weighted by molar-refractivity contribution is 6.17. The van der Waals surface area contributed by atoms with Gasteiger partial charge < -0.3 is 14.6 Å². The molecule has 1 amide bonds. The molecule has 1 atom stereocenters. The summed E-state index contributed by atoms with van der Waals surface area (Å²) in [5.41, 5.74) is 4.79. The number of para-hydroxylation sites is 2. The fourth-order valence-corrected chi connectivity index (χ4v) is 6.05. The Morgan fingerprint density at radius 3 is 2.44 bits per heavy atom. The number of anilines is 1. The number of rotatable bonds is 5. The molecule has 0 aliphatic carbocycles. The Kier molecular flexibility index (Phi) is 4.84. The number of aliphatic carboxylic acids is 1. The van der Waals surface area contributed by atoms with E-state index >= 15 is 0 Å². The van der Waals surface area contributed by atoms with Crippen LogP contribution in [0.3, 0.4) is 0 Å². The van der Waals surface area contributed by atoms with E-state index in [-0.39, 0.29) is 12.3 Å². The Labute approximate surface area is 208 Å². The molecule has 176 valence electrons. The summed E-state index contributed by atoms with van der Waals surface area (Å²) in [4.78, 5) is 27.3. The SMILES string of the molecule is CN1C(=O)C2(C(C#N)=C(c3ccccc3)n3c2c(CCCC(=O)O)c2ccccc23)c2ccccc21. The van der Waals surface area contributed by atoms with Gasteiger partial charge in [0, 0.05) is 30.1 Å². The van der Waals surface area contributed by atoms with Crippen molar-refractivity contribution in [2.45, 2.75) is 24.7 Å². The number of aryl methyl sites for hydroxylation is 1. The molecule has 0 fully saturated rings. The largest absolute Gasteiger partial charge is 0.481 e. The molecule has 0 saturated carbocycles. The van der Waals surface area contributed by atoms with Gasteiger partial charge in [0.25, 0.3) is 0 Å². The predicted molar refractivity (Wildman–Crippen MR) is 138 cm³/mol. The third-order valence-electron chi connectivity index (χ3n) is 7.44. The standard InChI is InChI=1S/C30H23N3O3/c1-32-25-16-8-6-14-22(25)30(29(32)36)23(18-31)27(19-10-3-2-4-11-19)33-24-15-7-5-12-20(24)21(28(30)33)13-9-17-26(34)35/h2-8,10-12,14-16H,9,13,17H2,1H3,(H,34,35). The van der Waals surface area contributed by atoms with E-state index in [2.05, 4.69) is 10.6 Å². The molecule has 36 heavy (non-hydrogen) atoms. The van der Waals surface area contributed by atoms with Crippen LogP contribution in [0, 0.1) is 11.3 Å². The Morgan fingerprint density at radius 1 is 1.00 bits per heavy atom. The van der Waals surface area contributed by atoms with Crippen molar-refractivity contribution in [1.82, 2.24) is 4.57 Å². The van der Waals surface area contributed by atoms with E-state index in [1.54, 1.807) is 11.9 Å². The molecule has 6 rings (SSSR count). The van der Waals surface area contributed by atoms with Gasteiger partial charge in [0.1, 0.15) is 0 Å². The molecular weight excluding hydrogens is 450 g/mol. The van der Waals surface area contributed by atoms with Gasteiger partial charge in [-0.05, 0) is 36.1 Å². The zero-order valence-corrected chi connectivity index (χ0v) is 19.7. The van der Waals surface area contributed by atoms with Gasteiger partial charge >= 0.3 is 5.97 Å². The second-order valence-corrected chi connectivity index (χ2v) is 9.26. The number of hydrogen-bond acceptors (Lipinski definition) is 3. The van der Waals surface area contributed by atoms with E-state index in [1.807, 2.05) is 78.9 Å². The highest BCUT2D eigenvalue weighted by Gasteiger charge is 2.61. The molecule has 2 aliphatic rings. The number of hydrogen-bond donors (Lipinski definition) is 1. The lowest BCUT2D eigenvalue weighted by Crippen LogP contribution is -2.40. The Balaban J connectivity index is 1.78. The molecule has 0 bridgehead atoms. The first-order valence-corrected chi connectivity index (χ1v) is 11.9. The molecule has 1 spiro atoms. The van der Waals surface area contributed by atoms with Crippen LogP contribution in [-0.4, -0.2) is 28.6 Å². The predicted octanol–water partition coefficient (Wildman–Crippen LogP) is 5.11. The van der Waals surface area contributed by atoms with Gasteiger partial charge in [-0.25, -0.2) is 0 Å². The molecule has 2 aliphatic heterocycles. The number of aromatic nitrogens is 1. The molecule has 1 aromatic heterocycles. The second-order valence-electron chi connectivity index (χ2n) is 9.26. The fourth-order valence-electron chi connectivity index (χ4n) is 6.05. The van der Waals surface area contributed by atoms with Gasteiger partial charge in [-0.3, -0.25) is 9.59 Å². The third kappa shape index (κ3) is 2.71. The first-order chi connectivity index (χ1) is 17.5. The Hall–Kier alpha value is -4.63. The molecule has 1 N–H and O–H groups in total. The molecular formula is C30H23N3O3. The number of carboxylic acids is 1. The minimum absolute atomic E-state index is 0.0282. The van der Waals surface area contributed by atoms with Crippen LogP contribution in [0.15, 0.2) is 84.4 Å². The number of benzene rings is 3. The van der Waals surface area contributed by atoms with Crippen molar-refractivity contribution in [3.8, 4) is 6.07 Å².